The van der Waals surface area contributed by atoms with Crippen molar-refractivity contribution in [3.05, 3.63) is 64.9 Å². The Morgan fingerprint density at radius 2 is 2.07 bits per heavy atom. The molecule has 1 aliphatic heterocycles. The van der Waals surface area contributed by atoms with Gasteiger partial charge in [-0.05, 0) is 63.1 Å². The minimum absolute atomic E-state index is 0. The molecule has 0 bridgehead atoms. The topological polar surface area (TPSA) is 45.2 Å². The van der Waals surface area contributed by atoms with Crippen LogP contribution in [-0.2, 0) is 16.8 Å². The van der Waals surface area contributed by atoms with E-state index in [0.717, 1.165) is 43.2 Å². The van der Waals surface area contributed by atoms with Crippen molar-refractivity contribution in [1.82, 2.24) is 15.2 Å². The third-order valence-electron chi connectivity index (χ3n) is 5.44. The number of halogens is 2. The van der Waals surface area contributed by atoms with Crippen LogP contribution in [0.5, 0.6) is 0 Å². The Labute approximate surface area is 179 Å². The molecule has 1 fully saturated rings. The summed E-state index contributed by atoms with van der Waals surface area (Å²) < 4.78 is 0. The first-order chi connectivity index (χ1) is 13.0. The van der Waals surface area contributed by atoms with Crippen LogP contribution in [0, 0.1) is 0 Å². The third-order valence-corrected chi connectivity index (χ3v) is 5.68. The number of likely N-dealkylation sites (tertiary alicyclic amines) is 1. The van der Waals surface area contributed by atoms with Gasteiger partial charge in [-0.15, -0.1) is 12.4 Å². The minimum atomic E-state index is -0.0965. The molecule has 1 saturated heterocycles. The van der Waals surface area contributed by atoms with Gasteiger partial charge in [-0.2, -0.15) is 0 Å². The second-order valence-corrected chi connectivity index (χ2v) is 8.10. The van der Waals surface area contributed by atoms with E-state index in [1.807, 2.05) is 41.4 Å². The molecule has 2 aromatic rings. The first-order valence-electron chi connectivity index (χ1n) is 9.66. The number of hydrogen-bond acceptors (Lipinski definition) is 3. The molecule has 1 aromatic heterocycles. The Kier molecular flexibility index (Phi) is 8.29. The van der Waals surface area contributed by atoms with Crippen LogP contribution in [0.2, 0.25) is 5.02 Å². The van der Waals surface area contributed by atoms with Crippen molar-refractivity contribution in [2.45, 2.75) is 51.1 Å². The SMILES string of the molecule is CC(C)N1CC(CCNCc2cccc(Cl)c2)(c2ccccn2)CCC1=O.Cl. The van der Waals surface area contributed by atoms with Crippen LogP contribution in [0.25, 0.3) is 0 Å². The van der Waals surface area contributed by atoms with Crippen molar-refractivity contribution in [3.63, 3.8) is 0 Å². The van der Waals surface area contributed by atoms with Gasteiger partial charge < -0.3 is 10.2 Å². The number of hydrogen-bond donors (Lipinski definition) is 1. The van der Waals surface area contributed by atoms with E-state index in [1.54, 1.807) is 0 Å². The van der Waals surface area contributed by atoms with Crippen LogP contribution >= 0.6 is 24.0 Å². The van der Waals surface area contributed by atoms with Gasteiger partial charge in [0.15, 0.2) is 0 Å². The second-order valence-electron chi connectivity index (χ2n) is 7.67. The molecular formula is C22H29Cl2N3O. The number of carbonyl (C=O) groups excluding carboxylic acids is 1. The van der Waals surface area contributed by atoms with Crippen LogP contribution in [0.3, 0.4) is 0 Å². The Morgan fingerprint density at radius 1 is 1.25 bits per heavy atom. The fourth-order valence-electron chi connectivity index (χ4n) is 3.88. The molecule has 1 unspecified atom stereocenters. The molecule has 0 spiro atoms. The molecule has 2 heterocycles. The van der Waals surface area contributed by atoms with E-state index in [-0.39, 0.29) is 29.8 Å². The summed E-state index contributed by atoms with van der Waals surface area (Å²) in [5, 5.41) is 4.30. The summed E-state index contributed by atoms with van der Waals surface area (Å²) in [6.07, 6.45) is 4.24. The number of nitrogens with zero attached hydrogens (tertiary/aromatic N) is 2. The Balaban J connectivity index is 0.00000280. The lowest BCUT2D eigenvalue weighted by atomic mass is 9.73. The molecule has 3 rings (SSSR count). The molecule has 28 heavy (non-hydrogen) atoms. The van der Waals surface area contributed by atoms with E-state index in [1.165, 1.54) is 5.56 Å². The van der Waals surface area contributed by atoms with Gasteiger partial charge in [0.2, 0.25) is 5.91 Å². The normalized spacial score (nSPS) is 19.6. The molecule has 1 atom stereocenters. The number of piperidine rings is 1. The number of aromatic nitrogens is 1. The predicted molar refractivity (Wildman–Crippen MR) is 117 cm³/mol. The van der Waals surface area contributed by atoms with E-state index < -0.39 is 0 Å². The maximum Gasteiger partial charge on any atom is 0.222 e. The van der Waals surface area contributed by atoms with Gasteiger partial charge in [-0.1, -0.05) is 29.8 Å². The summed E-state index contributed by atoms with van der Waals surface area (Å²) in [5.41, 5.74) is 2.17. The zero-order valence-electron chi connectivity index (χ0n) is 16.5. The van der Waals surface area contributed by atoms with E-state index in [2.05, 4.69) is 36.3 Å². The highest BCUT2D eigenvalue weighted by molar-refractivity contribution is 6.30. The molecule has 1 aromatic carbocycles. The smallest absolute Gasteiger partial charge is 0.222 e. The zero-order valence-corrected chi connectivity index (χ0v) is 18.1. The molecule has 6 heteroatoms. The highest BCUT2D eigenvalue weighted by Gasteiger charge is 2.41. The third kappa shape index (κ3) is 5.47. The van der Waals surface area contributed by atoms with Crippen LogP contribution in [0.15, 0.2) is 48.7 Å². The zero-order chi connectivity index (χ0) is 19.3. The second kappa shape index (κ2) is 10.2. The number of rotatable bonds is 7. The van der Waals surface area contributed by atoms with Crippen molar-refractivity contribution >= 4 is 29.9 Å². The maximum absolute atomic E-state index is 12.4. The van der Waals surface area contributed by atoms with Crippen LogP contribution in [0.4, 0.5) is 0 Å². The fraction of sp³-hybridized carbons (Fsp3) is 0.455. The largest absolute Gasteiger partial charge is 0.339 e. The lowest BCUT2D eigenvalue weighted by molar-refractivity contribution is -0.137. The number of benzene rings is 1. The molecule has 152 valence electrons. The summed E-state index contributed by atoms with van der Waals surface area (Å²) in [7, 11) is 0. The molecule has 0 saturated carbocycles. The van der Waals surface area contributed by atoms with Gasteiger partial charge in [0.05, 0.1) is 0 Å². The van der Waals surface area contributed by atoms with E-state index in [4.69, 9.17) is 11.6 Å². The number of nitrogens with one attached hydrogen (secondary N) is 1. The van der Waals surface area contributed by atoms with Crippen molar-refractivity contribution in [1.29, 1.82) is 0 Å². The summed E-state index contributed by atoms with van der Waals surface area (Å²) in [6.45, 7) is 6.56. The minimum Gasteiger partial charge on any atom is -0.339 e. The number of amides is 1. The highest BCUT2D eigenvalue weighted by Crippen LogP contribution is 2.37. The van der Waals surface area contributed by atoms with Crippen molar-refractivity contribution in [2.24, 2.45) is 0 Å². The van der Waals surface area contributed by atoms with Gasteiger partial charge in [0.1, 0.15) is 0 Å². The van der Waals surface area contributed by atoms with Crippen LogP contribution in [0.1, 0.15) is 44.4 Å². The summed E-state index contributed by atoms with van der Waals surface area (Å²) in [5.74, 6) is 0.253. The van der Waals surface area contributed by atoms with Crippen molar-refractivity contribution in [3.8, 4) is 0 Å². The number of pyridine rings is 1. The fourth-order valence-corrected chi connectivity index (χ4v) is 4.09. The Morgan fingerprint density at radius 3 is 2.75 bits per heavy atom. The van der Waals surface area contributed by atoms with Crippen molar-refractivity contribution in [2.75, 3.05) is 13.1 Å². The van der Waals surface area contributed by atoms with Crippen LogP contribution < -0.4 is 5.32 Å². The number of carbonyl (C=O) groups is 1. The molecule has 0 radical (unpaired) electrons. The lowest BCUT2D eigenvalue weighted by Crippen LogP contribution is -2.52. The average molecular weight is 422 g/mol. The van der Waals surface area contributed by atoms with Gasteiger partial charge in [0.25, 0.3) is 0 Å². The monoisotopic (exact) mass is 421 g/mol. The molecule has 4 nitrogen and oxygen atoms in total. The standard InChI is InChI=1S/C22H28ClN3O.ClH/c1-17(2)26-16-22(10-9-21(26)27,20-8-3-4-12-25-20)11-13-24-15-18-6-5-7-19(23)14-18;/h3-8,12,14,17,24H,9-11,13,15-16H2,1-2H3;1H. The van der Waals surface area contributed by atoms with Crippen LogP contribution in [-0.4, -0.2) is 34.9 Å². The van der Waals surface area contributed by atoms with E-state index in [9.17, 15) is 4.79 Å². The summed E-state index contributed by atoms with van der Waals surface area (Å²) >= 11 is 6.07. The maximum atomic E-state index is 12.4. The quantitative estimate of drug-likeness (QED) is 0.663. The summed E-state index contributed by atoms with van der Waals surface area (Å²) in [4.78, 5) is 19.0. The van der Waals surface area contributed by atoms with Gasteiger partial charge in [0, 0.05) is 47.9 Å². The molecule has 0 aliphatic carbocycles. The average Bonchev–Trinajstić information content (AvgIpc) is 2.67. The molecular weight excluding hydrogens is 393 g/mol. The van der Waals surface area contributed by atoms with E-state index >= 15 is 0 Å². The Hall–Kier alpha value is -1.62. The molecule has 1 amide bonds. The van der Waals surface area contributed by atoms with E-state index in [0.29, 0.717) is 6.42 Å². The summed E-state index contributed by atoms with van der Waals surface area (Å²) in [6, 6.07) is 14.2. The first-order valence-corrected chi connectivity index (χ1v) is 10.0. The molecule has 1 N–H and O–H groups in total. The molecule has 1 aliphatic rings. The van der Waals surface area contributed by atoms with Gasteiger partial charge >= 0.3 is 0 Å². The van der Waals surface area contributed by atoms with Gasteiger partial charge in [-0.3, -0.25) is 9.78 Å². The highest BCUT2D eigenvalue weighted by atomic mass is 35.5. The predicted octanol–water partition coefficient (Wildman–Crippen LogP) is 4.61. The van der Waals surface area contributed by atoms with Crippen molar-refractivity contribution < 1.29 is 4.79 Å². The Bertz CT molecular complexity index is 769. The lowest BCUT2D eigenvalue weighted by Gasteiger charge is -2.44. The first kappa shape index (κ1) is 22.7. The van der Waals surface area contributed by atoms with Gasteiger partial charge in [-0.25, -0.2) is 0 Å².